The zero-order valence-corrected chi connectivity index (χ0v) is 20.0. The van der Waals surface area contributed by atoms with Gasteiger partial charge in [0, 0.05) is 12.2 Å². The Morgan fingerprint density at radius 1 is 1.29 bits per heavy atom. The average molecular weight is 504 g/mol. The molecule has 0 unspecified atom stereocenters. The molecule has 1 aromatic carbocycles. The van der Waals surface area contributed by atoms with E-state index in [9.17, 15) is 14.2 Å². The van der Waals surface area contributed by atoms with Crippen LogP contribution < -0.4 is 11.3 Å². The number of hydrogen-bond donors (Lipinski definition) is 2. The van der Waals surface area contributed by atoms with Gasteiger partial charge in [-0.2, -0.15) is 9.67 Å². The fourth-order valence-electron chi connectivity index (χ4n) is 3.61. The van der Waals surface area contributed by atoms with Crippen LogP contribution in [0.3, 0.4) is 0 Å². The lowest BCUT2D eigenvalue weighted by Crippen LogP contribution is -2.27. The van der Waals surface area contributed by atoms with Crippen molar-refractivity contribution in [2.24, 2.45) is 0 Å². The molecule has 4 rings (SSSR count). The minimum Gasteiger partial charge on any atom is -0.454 e. The molecule has 14 heteroatoms. The number of hydrogen-bond acceptors (Lipinski definition) is 11. The summed E-state index contributed by atoms with van der Waals surface area (Å²) in [5.41, 5.74) is 5.49. The van der Waals surface area contributed by atoms with E-state index in [1.54, 1.807) is 44.2 Å². The molecule has 3 N–H and O–H groups in total. The third-order valence-electron chi connectivity index (χ3n) is 5.06. The molecule has 1 saturated heterocycles. The fraction of sp³-hybridized carbons (Fsp3) is 0.381. The number of nitrogens with one attached hydrogen (secondary N) is 1. The van der Waals surface area contributed by atoms with Crippen molar-refractivity contribution in [3.05, 3.63) is 58.1 Å². The van der Waals surface area contributed by atoms with Crippen LogP contribution in [-0.4, -0.2) is 56.4 Å². The number of fused-ring (bicyclic) bond motifs is 1. The average Bonchev–Trinajstić information content (AvgIpc) is 3.42. The van der Waals surface area contributed by atoms with Crippen LogP contribution in [0.4, 0.5) is 5.95 Å². The Morgan fingerprint density at radius 2 is 2.00 bits per heavy atom. The van der Waals surface area contributed by atoms with E-state index in [1.807, 2.05) is 0 Å². The summed E-state index contributed by atoms with van der Waals surface area (Å²) in [5, 5.41) is 7.86. The first-order valence-electron chi connectivity index (χ1n) is 10.9. The second-order valence-corrected chi connectivity index (χ2v) is 9.38. The molecule has 1 aliphatic heterocycles. The van der Waals surface area contributed by atoms with Gasteiger partial charge >= 0.3 is 13.6 Å². The monoisotopic (exact) mass is 504 g/mol. The number of carbonyl (C=O) groups is 1. The van der Waals surface area contributed by atoms with Gasteiger partial charge in [-0.1, -0.05) is 23.4 Å². The van der Waals surface area contributed by atoms with E-state index in [0.717, 1.165) is 0 Å². The van der Waals surface area contributed by atoms with Gasteiger partial charge in [-0.25, -0.2) is 4.79 Å². The van der Waals surface area contributed by atoms with Crippen molar-refractivity contribution in [2.45, 2.75) is 38.7 Å². The summed E-state index contributed by atoms with van der Waals surface area (Å²) in [7, 11) is -3.48. The van der Waals surface area contributed by atoms with E-state index in [-0.39, 0.29) is 36.7 Å². The lowest BCUT2D eigenvalue weighted by molar-refractivity contribution is -0.0447. The maximum Gasteiger partial charge on any atom is 0.353 e. The first-order valence-corrected chi connectivity index (χ1v) is 12.5. The topological polar surface area (TPSA) is 174 Å². The molecule has 3 atom stereocenters. The molecular formula is C21H25N6O7P. The molecule has 13 nitrogen and oxygen atoms in total. The van der Waals surface area contributed by atoms with Crippen molar-refractivity contribution in [3.8, 4) is 0 Å². The first-order chi connectivity index (χ1) is 16.8. The molecule has 1 fully saturated rings. The van der Waals surface area contributed by atoms with Gasteiger partial charge in [-0.05, 0) is 32.1 Å². The molecule has 35 heavy (non-hydrogen) atoms. The van der Waals surface area contributed by atoms with E-state index in [2.05, 4.69) is 20.3 Å². The highest BCUT2D eigenvalue weighted by molar-refractivity contribution is 7.57. The maximum atomic E-state index is 12.8. The smallest absolute Gasteiger partial charge is 0.353 e. The molecular weight excluding hydrogens is 479 g/mol. The summed E-state index contributed by atoms with van der Waals surface area (Å²) in [5.74, 6) is 0.620. The Morgan fingerprint density at radius 3 is 2.69 bits per heavy atom. The van der Waals surface area contributed by atoms with Crippen LogP contribution in [0.2, 0.25) is 0 Å². The van der Waals surface area contributed by atoms with Crippen molar-refractivity contribution in [3.63, 3.8) is 0 Å². The van der Waals surface area contributed by atoms with Crippen molar-refractivity contribution in [2.75, 3.05) is 18.9 Å². The molecule has 0 aliphatic carbocycles. The highest BCUT2D eigenvalue weighted by atomic mass is 31.2. The fourth-order valence-corrected chi connectivity index (χ4v) is 4.98. The van der Waals surface area contributed by atoms with Gasteiger partial charge in [0.2, 0.25) is 5.95 Å². The number of nitrogens with zero attached hydrogens (tertiary/aromatic N) is 4. The van der Waals surface area contributed by atoms with Gasteiger partial charge in [-0.15, -0.1) is 5.10 Å². The molecule has 0 radical (unpaired) electrons. The normalized spacial score (nSPS) is 20.6. The van der Waals surface area contributed by atoms with E-state index >= 15 is 0 Å². The number of benzene rings is 1. The lowest BCUT2D eigenvalue weighted by Gasteiger charge is -2.19. The SMILES string of the molecule is CCOP(=O)(/C=C/[C@@H]1C[C@@H](OC(=O)c2ccccc2)[C@H](n2nnc3c(=O)[nH]c(N)nc32)O1)OCC. The van der Waals surface area contributed by atoms with Crippen molar-refractivity contribution in [1.29, 1.82) is 0 Å². The first kappa shape index (κ1) is 24.7. The van der Waals surface area contributed by atoms with Crippen LogP contribution >= 0.6 is 7.60 Å². The maximum absolute atomic E-state index is 12.8. The second-order valence-electron chi connectivity index (χ2n) is 7.48. The zero-order valence-electron chi connectivity index (χ0n) is 19.1. The summed E-state index contributed by atoms with van der Waals surface area (Å²) >= 11 is 0. The van der Waals surface area contributed by atoms with E-state index in [1.165, 1.54) is 16.6 Å². The van der Waals surface area contributed by atoms with Crippen LogP contribution in [0.25, 0.3) is 11.2 Å². The Kier molecular flexibility index (Phi) is 7.41. The number of rotatable bonds is 9. The molecule has 0 bridgehead atoms. The van der Waals surface area contributed by atoms with E-state index < -0.39 is 37.6 Å². The number of carbonyl (C=O) groups excluding carboxylic acids is 1. The zero-order chi connectivity index (χ0) is 25.0. The molecule has 3 heterocycles. The van der Waals surface area contributed by atoms with Crippen LogP contribution in [0.5, 0.6) is 0 Å². The van der Waals surface area contributed by atoms with Crippen LogP contribution in [0, 0.1) is 0 Å². The van der Waals surface area contributed by atoms with Gasteiger partial charge in [-0.3, -0.25) is 14.3 Å². The third kappa shape index (κ3) is 5.49. The molecule has 3 aromatic rings. The molecule has 0 saturated carbocycles. The minimum absolute atomic E-state index is 0.0490. The van der Waals surface area contributed by atoms with Gasteiger partial charge in [0.05, 0.1) is 24.9 Å². The number of aromatic amines is 1. The number of nitrogens with two attached hydrogens (primary N) is 1. The largest absolute Gasteiger partial charge is 0.454 e. The standard InChI is InChI=1S/C21H25N6O7P/c1-3-31-35(30,32-4-2)11-10-14-12-15(34-20(29)13-8-6-5-7-9-13)19(33-14)27-17-16(25-26-27)18(28)24-21(22)23-17/h5-11,14-15,19H,3-4,12H2,1-2H3,(H3,22,23,24,28)/b11-10+/t14-,15-,19-/m1/s1. The molecule has 0 amide bonds. The Hall–Kier alpha value is -3.38. The van der Waals surface area contributed by atoms with Gasteiger partial charge in [0.1, 0.15) is 0 Å². The Balaban J connectivity index is 1.65. The van der Waals surface area contributed by atoms with Crippen molar-refractivity contribution < 1.29 is 27.9 Å². The van der Waals surface area contributed by atoms with Crippen LogP contribution in [0.15, 0.2) is 47.0 Å². The van der Waals surface area contributed by atoms with Crippen molar-refractivity contribution in [1.82, 2.24) is 25.0 Å². The number of anilines is 1. The summed E-state index contributed by atoms with van der Waals surface area (Å²) in [6.07, 6.45) is -0.764. The van der Waals surface area contributed by atoms with E-state index in [0.29, 0.717) is 5.56 Å². The predicted molar refractivity (Wildman–Crippen MR) is 125 cm³/mol. The number of nitrogen functional groups attached to an aromatic ring is 1. The third-order valence-corrected chi connectivity index (χ3v) is 6.83. The van der Waals surface area contributed by atoms with Crippen LogP contribution in [-0.2, 0) is 23.1 Å². The Bertz CT molecular complexity index is 1310. The molecule has 0 spiro atoms. The highest BCUT2D eigenvalue weighted by Gasteiger charge is 2.41. The quantitative estimate of drug-likeness (QED) is 0.323. The summed E-state index contributed by atoms with van der Waals surface area (Å²) < 4.78 is 36.4. The molecule has 1 aliphatic rings. The number of esters is 1. The molecule has 2 aromatic heterocycles. The minimum atomic E-state index is -3.48. The van der Waals surface area contributed by atoms with E-state index in [4.69, 9.17) is 24.3 Å². The van der Waals surface area contributed by atoms with Crippen LogP contribution in [0.1, 0.15) is 36.9 Å². The van der Waals surface area contributed by atoms with Gasteiger partial charge in [0.25, 0.3) is 5.56 Å². The number of ether oxygens (including phenoxy) is 2. The summed E-state index contributed by atoms with van der Waals surface area (Å²) in [6, 6.07) is 8.46. The van der Waals surface area contributed by atoms with Gasteiger partial charge < -0.3 is 24.3 Å². The lowest BCUT2D eigenvalue weighted by atomic mass is 10.2. The summed E-state index contributed by atoms with van der Waals surface area (Å²) in [4.78, 5) is 31.4. The highest BCUT2D eigenvalue weighted by Crippen LogP contribution is 2.50. The number of H-pyrrole nitrogens is 1. The second kappa shape index (κ2) is 10.5. The molecule has 186 valence electrons. The predicted octanol–water partition coefficient (Wildman–Crippen LogP) is 2.39. The number of aromatic nitrogens is 5. The Labute approximate surface area is 199 Å². The van der Waals surface area contributed by atoms with Crippen molar-refractivity contribution >= 4 is 30.7 Å². The summed E-state index contributed by atoms with van der Waals surface area (Å²) in [6.45, 7) is 3.80. The van der Waals surface area contributed by atoms with Gasteiger partial charge in [0.15, 0.2) is 23.5 Å².